The predicted octanol–water partition coefficient (Wildman–Crippen LogP) is 4.38. The van der Waals surface area contributed by atoms with Crippen molar-refractivity contribution in [1.82, 2.24) is 0 Å². The fourth-order valence-electron chi connectivity index (χ4n) is 1.30. The Morgan fingerprint density at radius 2 is 1.25 bits per heavy atom. The van der Waals surface area contributed by atoms with Gasteiger partial charge in [0, 0.05) is 0 Å². The molecule has 0 fully saturated rings. The van der Waals surface area contributed by atoms with Crippen LogP contribution < -0.4 is 0 Å². The molecule has 70 valence electrons. The monoisotopic (exact) mass is 166 g/mol. The Hall–Kier alpha value is -0.260. The first-order valence-electron chi connectivity index (χ1n) is 5.37. The van der Waals surface area contributed by atoms with Gasteiger partial charge in [0.05, 0.1) is 0 Å². The minimum absolute atomic E-state index is 0.969. The van der Waals surface area contributed by atoms with Gasteiger partial charge in [0.25, 0.3) is 0 Å². The maximum atomic E-state index is 7.65. The zero-order chi connectivity index (χ0) is 9.23. The van der Waals surface area contributed by atoms with Crippen LogP contribution in [-0.4, -0.2) is 0 Å². The summed E-state index contributed by atoms with van der Waals surface area (Å²) in [7, 11) is 0. The van der Waals surface area contributed by atoms with Gasteiger partial charge in [-0.1, -0.05) is 45.1 Å². The van der Waals surface area contributed by atoms with Crippen LogP contribution in [0.5, 0.6) is 0 Å². The average Bonchev–Trinajstić information content (AvgIpc) is 2.06. The van der Waals surface area contributed by atoms with E-state index in [0.717, 1.165) is 18.4 Å². The molecule has 0 nitrogen and oxygen atoms in total. The van der Waals surface area contributed by atoms with E-state index in [4.69, 9.17) is 6.58 Å². The number of hydrogen-bond acceptors (Lipinski definition) is 0. The van der Waals surface area contributed by atoms with Crippen molar-refractivity contribution >= 4 is 0 Å². The molecule has 0 aliphatic rings. The van der Waals surface area contributed by atoms with Gasteiger partial charge in [-0.2, -0.15) is 0 Å². The lowest BCUT2D eigenvalue weighted by atomic mass is 10.0. The second-order valence-electron chi connectivity index (χ2n) is 3.52. The summed E-state index contributed by atoms with van der Waals surface area (Å²) in [6, 6.07) is 0. The summed E-state index contributed by atoms with van der Waals surface area (Å²) < 4.78 is 0. The Morgan fingerprint density at radius 3 is 1.58 bits per heavy atom. The number of hydrogen-bond donors (Lipinski definition) is 0. The van der Waals surface area contributed by atoms with Crippen molar-refractivity contribution in [2.75, 3.05) is 0 Å². The lowest BCUT2D eigenvalue weighted by Gasteiger charge is -2.03. The lowest BCUT2D eigenvalue weighted by Crippen LogP contribution is -1.84. The Kier molecular flexibility index (Phi) is 8.64. The molecule has 0 aliphatic heterocycles. The summed E-state index contributed by atoms with van der Waals surface area (Å²) in [5.41, 5.74) is 0.969. The molecule has 0 saturated heterocycles. The topological polar surface area (TPSA) is 0 Å². The van der Waals surface area contributed by atoms with E-state index in [0.29, 0.717) is 0 Å². The Labute approximate surface area is 78.1 Å². The van der Waals surface area contributed by atoms with Gasteiger partial charge in [-0.25, -0.2) is 0 Å². The molecule has 0 aromatic carbocycles. The molecule has 0 amide bonds. The molecule has 0 heterocycles. The van der Waals surface area contributed by atoms with E-state index in [1.54, 1.807) is 0 Å². The molecule has 0 rings (SSSR count). The smallest absolute Gasteiger partial charge is 0.0108 e. The van der Waals surface area contributed by atoms with Gasteiger partial charge in [-0.3, -0.25) is 0 Å². The first-order valence-corrected chi connectivity index (χ1v) is 5.37. The van der Waals surface area contributed by atoms with E-state index in [-0.39, 0.29) is 0 Å². The fraction of sp³-hybridized carbons (Fsp3) is 0.833. The third-order valence-electron chi connectivity index (χ3n) is 2.16. The van der Waals surface area contributed by atoms with Crippen LogP contribution in [0, 0.1) is 6.58 Å². The molecule has 2 radical (unpaired) electrons. The van der Waals surface area contributed by atoms with Crippen molar-refractivity contribution in [3.8, 4) is 0 Å². The minimum Gasteiger partial charge on any atom is -0.0654 e. The van der Waals surface area contributed by atoms with Crippen LogP contribution in [0.15, 0.2) is 5.57 Å². The number of unbranched alkanes of at least 4 members (excludes halogenated alkanes) is 4. The van der Waals surface area contributed by atoms with Gasteiger partial charge in [0.2, 0.25) is 0 Å². The van der Waals surface area contributed by atoms with E-state index in [1.807, 2.05) is 0 Å². The Balaban J connectivity index is 3.10. The summed E-state index contributed by atoms with van der Waals surface area (Å²) in [4.78, 5) is 0. The summed E-state index contributed by atoms with van der Waals surface area (Å²) >= 11 is 0. The number of allylic oxidation sites excluding steroid dienone is 1. The van der Waals surface area contributed by atoms with Crippen LogP contribution >= 0.6 is 0 Å². The lowest BCUT2D eigenvalue weighted by molar-refractivity contribution is 0.660. The van der Waals surface area contributed by atoms with Gasteiger partial charge >= 0.3 is 0 Å². The maximum absolute atomic E-state index is 7.65. The Morgan fingerprint density at radius 1 is 0.833 bits per heavy atom. The van der Waals surface area contributed by atoms with E-state index in [9.17, 15) is 0 Å². The molecule has 0 aliphatic carbocycles. The second kappa shape index (κ2) is 8.83. The van der Waals surface area contributed by atoms with Crippen LogP contribution in [-0.2, 0) is 0 Å². The highest BCUT2D eigenvalue weighted by Gasteiger charge is 1.94. The molecule has 0 spiro atoms. The van der Waals surface area contributed by atoms with E-state index < -0.39 is 0 Å². The molecule has 0 saturated carbocycles. The van der Waals surface area contributed by atoms with E-state index in [1.165, 1.54) is 38.5 Å². The average molecular weight is 166 g/mol. The van der Waals surface area contributed by atoms with E-state index >= 15 is 0 Å². The van der Waals surface area contributed by atoms with Gasteiger partial charge in [0.15, 0.2) is 0 Å². The molecule has 0 aromatic heterocycles. The highest BCUT2D eigenvalue weighted by atomic mass is 14.0. The summed E-state index contributed by atoms with van der Waals surface area (Å²) in [6.07, 6.45) is 9.63. The SMILES string of the molecule is [C]=C(CCCCC)CCCCC. The van der Waals surface area contributed by atoms with Gasteiger partial charge < -0.3 is 0 Å². The van der Waals surface area contributed by atoms with Crippen molar-refractivity contribution in [3.63, 3.8) is 0 Å². The second-order valence-corrected chi connectivity index (χ2v) is 3.52. The predicted molar refractivity (Wildman–Crippen MR) is 55.0 cm³/mol. The molecule has 0 N–H and O–H groups in total. The van der Waals surface area contributed by atoms with Crippen molar-refractivity contribution in [2.45, 2.75) is 65.2 Å². The quantitative estimate of drug-likeness (QED) is 0.469. The first-order chi connectivity index (χ1) is 5.81. The van der Waals surface area contributed by atoms with Crippen molar-refractivity contribution in [3.05, 3.63) is 12.2 Å². The fourth-order valence-corrected chi connectivity index (χ4v) is 1.30. The van der Waals surface area contributed by atoms with Crippen LogP contribution in [0.1, 0.15) is 65.2 Å². The third-order valence-corrected chi connectivity index (χ3v) is 2.16. The van der Waals surface area contributed by atoms with Crippen LogP contribution in [0.2, 0.25) is 0 Å². The normalized spacial score (nSPS) is 10.2. The van der Waals surface area contributed by atoms with Gasteiger partial charge in [-0.05, 0) is 32.3 Å². The van der Waals surface area contributed by atoms with Crippen molar-refractivity contribution < 1.29 is 0 Å². The van der Waals surface area contributed by atoms with Gasteiger partial charge in [0.1, 0.15) is 0 Å². The molecular weight excluding hydrogens is 144 g/mol. The number of rotatable bonds is 8. The molecular formula is C12H22. The summed E-state index contributed by atoms with van der Waals surface area (Å²) in [5.74, 6) is 0. The highest BCUT2D eigenvalue weighted by molar-refractivity contribution is 4.90. The zero-order valence-corrected chi connectivity index (χ0v) is 8.66. The van der Waals surface area contributed by atoms with Crippen molar-refractivity contribution in [2.24, 2.45) is 0 Å². The molecule has 0 atom stereocenters. The van der Waals surface area contributed by atoms with Gasteiger partial charge in [-0.15, -0.1) is 0 Å². The Bertz CT molecular complexity index is 90.6. The third kappa shape index (κ3) is 7.84. The standard InChI is InChI=1S/C12H22/c1-4-6-8-10-12(3)11-9-7-5-2/h4-11H2,1-2H3. The largest absolute Gasteiger partial charge is 0.0654 e. The molecule has 0 bridgehead atoms. The van der Waals surface area contributed by atoms with Crippen LogP contribution in [0.3, 0.4) is 0 Å². The molecule has 0 heteroatoms. The molecule has 0 unspecified atom stereocenters. The van der Waals surface area contributed by atoms with Crippen LogP contribution in [0.4, 0.5) is 0 Å². The zero-order valence-electron chi connectivity index (χ0n) is 8.66. The maximum Gasteiger partial charge on any atom is -0.0108 e. The first kappa shape index (κ1) is 11.7. The minimum atomic E-state index is 0.969. The molecule has 12 heavy (non-hydrogen) atoms. The van der Waals surface area contributed by atoms with E-state index in [2.05, 4.69) is 13.8 Å². The highest BCUT2D eigenvalue weighted by Crippen LogP contribution is 2.13. The summed E-state index contributed by atoms with van der Waals surface area (Å²) in [6.45, 7) is 12.1. The van der Waals surface area contributed by atoms with Crippen molar-refractivity contribution in [1.29, 1.82) is 0 Å². The molecule has 0 aromatic rings. The summed E-state index contributed by atoms with van der Waals surface area (Å²) in [5, 5.41) is 0. The van der Waals surface area contributed by atoms with Crippen LogP contribution in [0.25, 0.3) is 0 Å².